The van der Waals surface area contributed by atoms with Gasteiger partial charge in [0, 0.05) is 23.4 Å². The van der Waals surface area contributed by atoms with Crippen molar-refractivity contribution >= 4 is 29.8 Å². The van der Waals surface area contributed by atoms with E-state index in [9.17, 15) is 14.4 Å². The number of para-hydroxylation sites is 1. The molecule has 186 valence electrons. The van der Waals surface area contributed by atoms with E-state index in [2.05, 4.69) is 10.6 Å². The van der Waals surface area contributed by atoms with Crippen LogP contribution in [0.15, 0.2) is 66.7 Å². The van der Waals surface area contributed by atoms with E-state index < -0.39 is 17.7 Å². The molecule has 36 heavy (non-hydrogen) atoms. The van der Waals surface area contributed by atoms with Crippen LogP contribution in [0.25, 0.3) is 0 Å². The number of hydrogen-bond acceptors (Lipinski definition) is 7. The van der Waals surface area contributed by atoms with Gasteiger partial charge in [-0.2, -0.15) is 0 Å². The molecule has 0 radical (unpaired) electrons. The molecular formula is C26H26N4O6. The first-order valence-electron chi connectivity index (χ1n) is 10.8. The summed E-state index contributed by atoms with van der Waals surface area (Å²) in [6.45, 7) is 0.334. The Balaban J connectivity index is 1.87. The van der Waals surface area contributed by atoms with Gasteiger partial charge in [0.1, 0.15) is 17.5 Å². The van der Waals surface area contributed by atoms with Gasteiger partial charge in [0.2, 0.25) is 11.8 Å². The van der Waals surface area contributed by atoms with E-state index in [0.717, 1.165) is 0 Å². The van der Waals surface area contributed by atoms with Gasteiger partial charge in [-0.15, -0.1) is 0 Å². The van der Waals surface area contributed by atoms with Crippen LogP contribution in [0.3, 0.4) is 0 Å². The zero-order chi connectivity index (χ0) is 26.1. The van der Waals surface area contributed by atoms with Gasteiger partial charge < -0.3 is 30.6 Å². The van der Waals surface area contributed by atoms with E-state index in [1.54, 1.807) is 54.6 Å². The fraction of sp³-hybridized carbons (Fsp3) is 0.154. The van der Waals surface area contributed by atoms with Gasteiger partial charge in [-0.05, 0) is 48.0 Å². The molecule has 5 N–H and O–H groups in total. The highest BCUT2D eigenvalue weighted by Gasteiger charge is 2.29. The molecule has 0 bridgehead atoms. The van der Waals surface area contributed by atoms with Crippen LogP contribution < -0.4 is 30.6 Å². The number of amides is 2. The Morgan fingerprint density at radius 2 is 1.72 bits per heavy atom. The minimum Gasteiger partial charge on any atom is -0.493 e. The molecule has 3 aromatic rings. The first-order valence-corrected chi connectivity index (χ1v) is 10.8. The van der Waals surface area contributed by atoms with Crippen molar-refractivity contribution in [1.82, 2.24) is 5.32 Å². The van der Waals surface area contributed by atoms with E-state index in [1.807, 2.05) is 0 Å². The first kappa shape index (κ1) is 25.8. The summed E-state index contributed by atoms with van der Waals surface area (Å²) in [5.74, 6) is -1.41. The third-order valence-corrected chi connectivity index (χ3v) is 5.30. The SMILES string of the molecule is COc1cccc(CNC(=O)C(C(=O)Nc2ccc(C(=N)N)cc2)c2cccc(OC=O)c2)c1OC. The average Bonchev–Trinajstić information content (AvgIpc) is 2.88. The summed E-state index contributed by atoms with van der Waals surface area (Å²) in [6.07, 6.45) is 0. The van der Waals surface area contributed by atoms with Crippen LogP contribution in [0.2, 0.25) is 0 Å². The minimum atomic E-state index is -1.27. The molecule has 0 aromatic heterocycles. The lowest BCUT2D eigenvalue weighted by molar-refractivity contribution is -0.129. The molecule has 0 aliphatic heterocycles. The zero-order valence-electron chi connectivity index (χ0n) is 19.7. The number of nitrogens with one attached hydrogen (secondary N) is 3. The Bertz CT molecular complexity index is 1260. The van der Waals surface area contributed by atoms with E-state index in [4.69, 9.17) is 25.4 Å². The van der Waals surface area contributed by atoms with Gasteiger partial charge in [-0.3, -0.25) is 19.8 Å². The van der Waals surface area contributed by atoms with Crippen LogP contribution in [-0.2, 0) is 20.9 Å². The Kier molecular flexibility index (Phi) is 8.60. The third kappa shape index (κ3) is 6.17. The quantitative estimate of drug-likeness (QED) is 0.139. The maximum atomic E-state index is 13.3. The fourth-order valence-corrected chi connectivity index (χ4v) is 3.57. The van der Waals surface area contributed by atoms with Crippen LogP contribution in [0.1, 0.15) is 22.6 Å². The molecule has 10 nitrogen and oxygen atoms in total. The second-order valence-corrected chi connectivity index (χ2v) is 7.57. The lowest BCUT2D eigenvalue weighted by Crippen LogP contribution is -2.36. The van der Waals surface area contributed by atoms with E-state index in [-0.39, 0.29) is 24.6 Å². The van der Waals surface area contributed by atoms with Gasteiger partial charge in [0.15, 0.2) is 11.5 Å². The molecule has 10 heteroatoms. The first-order chi connectivity index (χ1) is 17.4. The van der Waals surface area contributed by atoms with E-state index >= 15 is 0 Å². The lowest BCUT2D eigenvalue weighted by atomic mass is 9.96. The summed E-state index contributed by atoms with van der Waals surface area (Å²) in [7, 11) is 3.01. The molecule has 0 spiro atoms. The van der Waals surface area contributed by atoms with Crippen molar-refractivity contribution in [3.8, 4) is 17.2 Å². The van der Waals surface area contributed by atoms with Crippen molar-refractivity contribution in [2.45, 2.75) is 12.5 Å². The van der Waals surface area contributed by atoms with Crippen LogP contribution in [0.5, 0.6) is 17.2 Å². The topological polar surface area (TPSA) is 153 Å². The monoisotopic (exact) mass is 490 g/mol. The predicted molar refractivity (Wildman–Crippen MR) is 133 cm³/mol. The molecule has 0 saturated carbocycles. The van der Waals surface area contributed by atoms with Crippen molar-refractivity contribution < 1.29 is 28.6 Å². The van der Waals surface area contributed by atoms with Gasteiger partial charge in [0.25, 0.3) is 6.47 Å². The predicted octanol–water partition coefficient (Wildman–Crippen LogP) is 2.56. The Hall–Kier alpha value is -4.86. The summed E-state index contributed by atoms with van der Waals surface area (Å²) in [6, 6.07) is 17.7. The highest BCUT2D eigenvalue weighted by molar-refractivity contribution is 6.11. The number of nitrogen functional groups attached to an aromatic ring is 1. The Morgan fingerprint density at radius 1 is 1.00 bits per heavy atom. The minimum absolute atomic E-state index is 0.0703. The zero-order valence-corrected chi connectivity index (χ0v) is 19.7. The largest absolute Gasteiger partial charge is 0.493 e. The number of carbonyl (C=O) groups excluding carboxylic acids is 3. The van der Waals surface area contributed by atoms with Crippen LogP contribution in [-0.4, -0.2) is 38.3 Å². The number of rotatable bonds is 11. The van der Waals surface area contributed by atoms with Crippen molar-refractivity contribution in [2.24, 2.45) is 5.73 Å². The molecular weight excluding hydrogens is 464 g/mol. The maximum Gasteiger partial charge on any atom is 0.298 e. The van der Waals surface area contributed by atoms with Crippen LogP contribution >= 0.6 is 0 Å². The number of hydrogen-bond donors (Lipinski definition) is 4. The normalized spacial score (nSPS) is 11.1. The van der Waals surface area contributed by atoms with Crippen molar-refractivity contribution in [3.63, 3.8) is 0 Å². The summed E-state index contributed by atoms with van der Waals surface area (Å²) in [5.41, 5.74) is 7.36. The summed E-state index contributed by atoms with van der Waals surface area (Å²) in [5, 5.41) is 13.0. The second kappa shape index (κ2) is 12.0. The van der Waals surface area contributed by atoms with Crippen LogP contribution in [0.4, 0.5) is 5.69 Å². The van der Waals surface area contributed by atoms with Crippen molar-refractivity contribution in [2.75, 3.05) is 19.5 Å². The average molecular weight is 491 g/mol. The molecule has 0 saturated heterocycles. The number of anilines is 1. The highest BCUT2D eigenvalue weighted by Crippen LogP contribution is 2.31. The van der Waals surface area contributed by atoms with Gasteiger partial charge >= 0.3 is 0 Å². The molecule has 0 aliphatic rings. The highest BCUT2D eigenvalue weighted by atomic mass is 16.5. The van der Waals surface area contributed by atoms with Crippen LogP contribution in [0, 0.1) is 5.41 Å². The second-order valence-electron chi connectivity index (χ2n) is 7.57. The number of benzene rings is 3. The molecule has 0 aliphatic carbocycles. The number of carbonyl (C=O) groups is 3. The Morgan fingerprint density at radius 3 is 2.36 bits per heavy atom. The van der Waals surface area contributed by atoms with Crippen molar-refractivity contribution in [1.29, 1.82) is 5.41 Å². The number of nitrogens with two attached hydrogens (primary N) is 1. The number of amidine groups is 1. The number of methoxy groups -OCH3 is 2. The van der Waals surface area contributed by atoms with Gasteiger partial charge in [-0.1, -0.05) is 24.3 Å². The molecule has 1 unspecified atom stereocenters. The number of ether oxygens (including phenoxy) is 3. The smallest absolute Gasteiger partial charge is 0.298 e. The summed E-state index contributed by atoms with van der Waals surface area (Å²) in [4.78, 5) is 37.4. The van der Waals surface area contributed by atoms with Gasteiger partial charge in [0.05, 0.1) is 14.2 Å². The van der Waals surface area contributed by atoms with Gasteiger partial charge in [-0.25, -0.2) is 0 Å². The molecule has 3 rings (SSSR count). The molecule has 2 amide bonds. The summed E-state index contributed by atoms with van der Waals surface area (Å²) >= 11 is 0. The lowest BCUT2D eigenvalue weighted by Gasteiger charge is -2.19. The molecule has 1 atom stereocenters. The Labute approximate surface area is 207 Å². The third-order valence-electron chi connectivity index (χ3n) is 5.30. The standard InChI is InChI=1S/C26H26N4O6/c1-34-21-8-4-6-18(23(21)35-2)14-29-25(32)22(17-5-3-7-20(13-17)36-15-31)26(33)30-19-11-9-16(10-12-19)24(27)28/h3-13,15,22H,14H2,1-2H3,(H3,27,28)(H,29,32)(H,30,33). The fourth-order valence-electron chi connectivity index (χ4n) is 3.57. The van der Waals surface area contributed by atoms with E-state index in [0.29, 0.717) is 33.9 Å². The maximum absolute atomic E-state index is 13.3. The van der Waals surface area contributed by atoms with Crippen molar-refractivity contribution in [3.05, 3.63) is 83.4 Å². The molecule has 3 aromatic carbocycles. The van der Waals surface area contributed by atoms with E-state index in [1.165, 1.54) is 26.4 Å². The molecule has 0 fully saturated rings. The molecule has 0 heterocycles. The summed E-state index contributed by atoms with van der Waals surface area (Å²) < 4.78 is 15.6.